The van der Waals surface area contributed by atoms with Crippen LogP contribution in [0.25, 0.3) is 34.2 Å². The van der Waals surface area contributed by atoms with Gasteiger partial charge in [-0.05, 0) is 79.5 Å². The Hall–Kier alpha value is -4.70. The molecule has 4 heterocycles. The number of rotatable bonds is 11. The van der Waals surface area contributed by atoms with Crippen molar-refractivity contribution in [2.75, 3.05) is 0 Å². The van der Waals surface area contributed by atoms with E-state index in [1.807, 2.05) is 60.7 Å². The maximum absolute atomic E-state index is 6.44. The topological polar surface area (TPSA) is 123 Å². The van der Waals surface area contributed by atoms with Crippen LogP contribution in [0.1, 0.15) is 11.1 Å². The van der Waals surface area contributed by atoms with Crippen molar-refractivity contribution in [2.45, 2.75) is 23.1 Å². The molecule has 0 spiro atoms. The summed E-state index contributed by atoms with van der Waals surface area (Å²) in [5.41, 5.74) is 4.64. The molecule has 0 saturated carbocycles. The van der Waals surface area contributed by atoms with E-state index in [1.54, 1.807) is 67.7 Å². The van der Waals surface area contributed by atoms with E-state index >= 15 is 0 Å². The Balaban J connectivity index is 1.19. The van der Waals surface area contributed by atoms with E-state index in [9.17, 15) is 0 Å². The fraction of sp³-hybridized carbons (Fsp3) is 0.0588. The lowest BCUT2D eigenvalue weighted by Gasteiger charge is -2.11. The van der Waals surface area contributed by atoms with Gasteiger partial charge < -0.3 is 0 Å². The second-order valence-electron chi connectivity index (χ2n) is 11.2. The lowest BCUT2D eigenvalue weighted by molar-refractivity contribution is 0.573. The molecule has 0 amide bonds. The van der Waals surface area contributed by atoms with Crippen LogP contribution in [0.3, 0.4) is 0 Å². The van der Waals surface area contributed by atoms with Gasteiger partial charge in [-0.15, -0.1) is 20.4 Å². The van der Waals surface area contributed by atoms with E-state index in [2.05, 4.69) is 20.6 Å². The zero-order valence-electron chi connectivity index (χ0n) is 26.5. The highest BCUT2D eigenvalue weighted by Gasteiger charge is 2.24. The second kappa shape index (κ2) is 15.1. The average Bonchev–Trinajstić information content (AvgIpc) is 3.94. The third-order valence-corrected chi connectivity index (χ3v) is 10.8. The zero-order valence-corrected chi connectivity index (χ0v) is 31.2. The molecule has 258 valence electrons. The van der Waals surface area contributed by atoms with Crippen molar-refractivity contribution in [3.05, 3.63) is 141 Å². The van der Waals surface area contributed by atoms with Crippen LogP contribution in [-0.4, -0.2) is 60.0 Å². The number of halogens is 4. The maximum atomic E-state index is 6.44. The van der Waals surface area contributed by atoms with Crippen LogP contribution in [0.4, 0.5) is 0 Å². The van der Waals surface area contributed by atoms with Crippen LogP contribution >= 0.6 is 68.0 Å². The number of hydrogen-bond acceptors (Lipinski definition) is 10. The highest BCUT2D eigenvalue weighted by atomic mass is 35.5. The Labute approximate surface area is 324 Å². The van der Waals surface area contributed by atoms with Crippen LogP contribution in [0.2, 0.25) is 20.1 Å². The fourth-order valence-electron chi connectivity index (χ4n) is 5.24. The summed E-state index contributed by atoms with van der Waals surface area (Å²) in [6.07, 6.45) is 3.38. The summed E-state index contributed by atoms with van der Waals surface area (Å²) in [6, 6.07) is 30.2. The predicted octanol–water partition coefficient (Wildman–Crippen LogP) is 8.87. The molecule has 0 bridgehead atoms. The molecular weight excluding hydrogens is 782 g/mol. The molecule has 0 aliphatic rings. The zero-order chi connectivity index (χ0) is 35.6. The summed E-state index contributed by atoms with van der Waals surface area (Å²) < 4.78 is 3.46. The van der Waals surface area contributed by atoms with Crippen molar-refractivity contribution in [3.63, 3.8) is 0 Å². The van der Waals surface area contributed by atoms with Gasteiger partial charge in [0.05, 0.1) is 48.0 Å². The summed E-state index contributed by atoms with van der Waals surface area (Å²) in [5.74, 6) is 0.776. The molecule has 0 unspecified atom stereocenters. The molecule has 0 aliphatic carbocycles. The summed E-state index contributed by atoms with van der Waals surface area (Å²) in [7, 11) is 2.79. The van der Waals surface area contributed by atoms with Crippen molar-refractivity contribution in [2.24, 2.45) is 0 Å². The van der Waals surface area contributed by atoms with E-state index in [-0.39, 0.29) is 0 Å². The highest BCUT2D eigenvalue weighted by Crippen LogP contribution is 2.46. The van der Waals surface area contributed by atoms with Gasteiger partial charge in [0.1, 0.15) is 10.1 Å². The fourth-order valence-corrected chi connectivity index (χ4v) is 8.78. The lowest BCUT2D eigenvalue weighted by Crippen LogP contribution is -2.03. The SMILES string of the molecule is Clc1cc(Cl)cc(-n2ncc(-c3nnn(Cc4ccccc4)n3)c2SSc2c(-c3nnn(Cc4ccccc4)n3)cnn2-c2cc(Cl)cc(Cl)c2)c1. The Bertz CT molecular complexity index is 2290. The smallest absolute Gasteiger partial charge is 0.209 e. The van der Waals surface area contributed by atoms with E-state index < -0.39 is 0 Å². The average molecular weight is 805 g/mol. The maximum Gasteiger partial charge on any atom is 0.209 e. The van der Waals surface area contributed by atoms with Crippen LogP contribution in [-0.2, 0) is 13.1 Å². The third-order valence-electron chi connectivity index (χ3n) is 7.55. The van der Waals surface area contributed by atoms with Gasteiger partial charge in [0.15, 0.2) is 0 Å². The Morgan fingerprint density at radius 3 is 1.27 bits per heavy atom. The minimum Gasteiger partial charge on any atom is -0.226 e. The molecule has 8 aromatic rings. The van der Waals surface area contributed by atoms with Crippen molar-refractivity contribution in [1.29, 1.82) is 0 Å². The van der Waals surface area contributed by atoms with E-state index in [4.69, 9.17) is 66.8 Å². The molecule has 4 aromatic carbocycles. The van der Waals surface area contributed by atoms with Gasteiger partial charge in [-0.3, -0.25) is 0 Å². The van der Waals surface area contributed by atoms with Crippen molar-refractivity contribution in [1.82, 2.24) is 60.0 Å². The molecule has 12 nitrogen and oxygen atoms in total. The first-order valence-electron chi connectivity index (χ1n) is 15.4. The van der Waals surface area contributed by atoms with Crippen LogP contribution in [0, 0.1) is 0 Å². The third kappa shape index (κ3) is 7.58. The van der Waals surface area contributed by atoms with Gasteiger partial charge in [-0.25, -0.2) is 9.36 Å². The first kappa shape index (κ1) is 34.4. The summed E-state index contributed by atoms with van der Waals surface area (Å²) in [4.78, 5) is 3.08. The van der Waals surface area contributed by atoms with Gasteiger partial charge in [-0.2, -0.15) is 19.8 Å². The Morgan fingerprint density at radius 2 is 0.885 bits per heavy atom. The number of hydrogen-bond donors (Lipinski definition) is 0. The van der Waals surface area contributed by atoms with Crippen LogP contribution in [0.5, 0.6) is 0 Å². The highest BCUT2D eigenvalue weighted by molar-refractivity contribution is 8.76. The Morgan fingerprint density at radius 1 is 0.500 bits per heavy atom. The van der Waals surface area contributed by atoms with Gasteiger partial charge in [0.25, 0.3) is 0 Å². The van der Waals surface area contributed by atoms with Crippen LogP contribution < -0.4 is 0 Å². The molecule has 0 aliphatic heterocycles. The van der Waals surface area contributed by atoms with Gasteiger partial charge in [0, 0.05) is 20.1 Å². The first-order valence-corrected chi connectivity index (χ1v) is 19.1. The molecule has 52 heavy (non-hydrogen) atoms. The van der Waals surface area contributed by atoms with E-state index in [0.717, 1.165) is 11.1 Å². The minimum atomic E-state index is 0.388. The number of benzene rings is 4. The molecule has 0 atom stereocenters. The number of aromatic nitrogens is 12. The lowest BCUT2D eigenvalue weighted by atomic mass is 10.2. The molecule has 18 heteroatoms. The van der Waals surface area contributed by atoms with Crippen LogP contribution in [0.15, 0.2) is 120 Å². The van der Waals surface area contributed by atoms with Gasteiger partial charge in [0.2, 0.25) is 11.6 Å². The summed E-state index contributed by atoms with van der Waals surface area (Å²) in [5, 5.41) is 39.4. The van der Waals surface area contributed by atoms with E-state index in [1.165, 1.54) is 21.6 Å². The van der Waals surface area contributed by atoms with Crippen molar-refractivity contribution >= 4 is 68.0 Å². The Kier molecular flexibility index (Phi) is 9.99. The van der Waals surface area contributed by atoms with Crippen molar-refractivity contribution in [3.8, 4) is 34.2 Å². The molecule has 4 aromatic heterocycles. The summed E-state index contributed by atoms with van der Waals surface area (Å²) in [6.45, 7) is 0.900. The normalized spacial score (nSPS) is 11.4. The minimum absolute atomic E-state index is 0.388. The molecule has 8 rings (SSSR count). The molecule has 0 radical (unpaired) electrons. The van der Waals surface area contributed by atoms with Gasteiger partial charge >= 0.3 is 0 Å². The summed E-state index contributed by atoms with van der Waals surface area (Å²) >= 11 is 25.8. The van der Waals surface area contributed by atoms with Gasteiger partial charge in [-0.1, -0.05) is 107 Å². The monoisotopic (exact) mass is 802 g/mol. The largest absolute Gasteiger partial charge is 0.226 e. The standard InChI is InChI=1S/C34H22Cl4N12S2/c35-23-11-24(36)14-27(13-23)49-33(29(17-39-49)31-41-45-47(43-31)19-21-7-3-1-4-8-21)51-52-34-30(18-40-50(34)28-15-25(37)12-26(38)16-28)32-42-46-48(44-32)20-22-9-5-2-6-10-22/h1-18H,19-20H2. The molecule has 0 saturated heterocycles. The number of nitrogens with zero attached hydrogens (tertiary/aromatic N) is 12. The van der Waals surface area contributed by atoms with Crippen molar-refractivity contribution < 1.29 is 0 Å². The number of tetrazole rings is 2. The van der Waals surface area contributed by atoms with E-state index in [0.29, 0.717) is 77.4 Å². The first-order chi connectivity index (χ1) is 25.4. The second-order valence-corrected chi connectivity index (χ2v) is 15.1. The quantitative estimate of drug-likeness (QED) is 0.117. The predicted molar refractivity (Wildman–Crippen MR) is 204 cm³/mol. The molecular formula is C34H22Cl4N12S2. The molecule has 0 N–H and O–H groups in total. The molecule has 0 fully saturated rings.